The number of H-pyrrole nitrogens is 1. The Morgan fingerprint density at radius 2 is 2.13 bits per heavy atom. The lowest BCUT2D eigenvalue weighted by atomic mass is 10.2. The average Bonchev–Trinajstić information content (AvgIpc) is 3.12. The van der Waals surface area contributed by atoms with Gasteiger partial charge < -0.3 is 9.84 Å². The molecule has 2 aromatic heterocycles. The Hall–Kier alpha value is -1.38. The van der Waals surface area contributed by atoms with Crippen molar-refractivity contribution in [2.24, 2.45) is 0 Å². The van der Waals surface area contributed by atoms with Gasteiger partial charge in [0.05, 0.1) is 6.54 Å². The van der Waals surface area contributed by atoms with E-state index < -0.39 is 0 Å². The fourth-order valence-electron chi connectivity index (χ4n) is 2.19. The summed E-state index contributed by atoms with van der Waals surface area (Å²) in [6.45, 7) is 2.55. The zero-order valence-corrected chi connectivity index (χ0v) is 16.3. The average molecular weight is 458 g/mol. The molecule has 0 aliphatic rings. The standard InChI is InChI=1S/C15H14Br2N4OS/c1-2-14-19-20-15(23)21(14)18-8-10-4-6-13(22-10)11-5-3-9(16)7-12(11)17/h3-7,18H,2,8H2,1H3,(H,20,23). The van der Waals surface area contributed by atoms with Crippen molar-refractivity contribution in [1.82, 2.24) is 14.9 Å². The molecule has 23 heavy (non-hydrogen) atoms. The van der Waals surface area contributed by atoms with Gasteiger partial charge >= 0.3 is 0 Å². The summed E-state index contributed by atoms with van der Waals surface area (Å²) in [7, 11) is 0. The van der Waals surface area contributed by atoms with Gasteiger partial charge in [0.2, 0.25) is 4.77 Å². The number of aromatic amines is 1. The van der Waals surface area contributed by atoms with Crippen LogP contribution in [0.2, 0.25) is 0 Å². The molecule has 0 aliphatic heterocycles. The van der Waals surface area contributed by atoms with Gasteiger partial charge in [-0.2, -0.15) is 5.10 Å². The molecule has 0 aliphatic carbocycles. The van der Waals surface area contributed by atoms with Crippen LogP contribution < -0.4 is 5.43 Å². The third kappa shape index (κ3) is 3.59. The molecule has 0 atom stereocenters. The number of nitrogens with zero attached hydrogens (tertiary/aromatic N) is 2. The Kier molecular flexibility index (Phi) is 5.03. The molecule has 0 unspecified atom stereocenters. The minimum atomic E-state index is 0.523. The first-order valence-electron chi connectivity index (χ1n) is 7.02. The Morgan fingerprint density at radius 1 is 1.30 bits per heavy atom. The van der Waals surface area contributed by atoms with E-state index in [-0.39, 0.29) is 0 Å². The zero-order chi connectivity index (χ0) is 16.4. The van der Waals surface area contributed by atoms with Crippen molar-refractivity contribution in [2.75, 3.05) is 5.43 Å². The second kappa shape index (κ2) is 7.02. The number of aromatic nitrogens is 3. The molecule has 0 spiro atoms. The topological polar surface area (TPSA) is 58.8 Å². The van der Waals surface area contributed by atoms with Gasteiger partial charge in [-0.1, -0.05) is 22.9 Å². The van der Waals surface area contributed by atoms with E-state index in [2.05, 4.69) is 47.5 Å². The van der Waals surface area contributed by atoms with E-state index in [0.717, 1.165) is 38.3 Å². The normalized spacial score (nSPS) is 10.9. The van der Waals surface area contributed by atoms with Gasteiger partial charge in [-0.3, -0.25) is 5.10 Å². The van der Waals surface area contributed by atoms with Crippen molar-refractivity contribution in [1.29, 1.82) is 0 Å². The molecule has 3 rings (SSSR count). The molecular weight excluding hydrogens is 444 g/mol. The van der Waals surface area contributed by atoms with E-state index in [1.54, 1.807) is 4.68 Å². The number of nitrogens with one attached hydrogen (secondary N) is 2. The van der Waals surface area contributed by atoms with E-state index in [9.17, 15) is 0 Å². The third-order valence-corrected chi connectivity index (χ3v) is 4.75. The molecule has 5 nitrogen and oxygen atoms in total. The smallest absolute Gasteiger partial charge is 0.214 e. The van der Waals surface area contributed by atoms with Gasteiger partial charge in [0.15, 0.2) is 5.82 Å². The fraction of sp³-hybridized carbons (Fsp3) is 0.200. The minimum absolute atomic E-state index is 0.523. The largest absolute Gasteiger partial charge is 0.459 e. The van der Waals surface area contributed by atoms with Gasteiger partial charge in [-0.15, -0.1) is 0 Å². The highest BCUT2D eigenvalue weighted by Gasteiger charge is 2.10. The van der Waals surface area contributed by atoms with Crippen LogP contribution in [0.4, 0.5) is 0 Å². The molecule has 0 fully saturated rings. The zero-order valence-electron chi connectivity index (χ0n) is 12.3. The number of rotatable bonds is 5. The van der Waals surface area contributed by atoms with Crippen molar-refractivity contribution >= 4 is 44.1 Å². The van der Waals surface area contributed by atoms with Gasteiger partial charge in [-0.05, 0) is 58.5 Å². The summed E-state index contributed by atoms with van der Waals surface area (Å²) in [5, 5.41) is 6.94. The summed E-state index contributed by atoms with van der Waals surface area (Å²) in [4.78, 5) is 0. The van der Waals surface area contributed by atoms with Crippen molar-refractivity contribution in [3.63, 3.8) is 0 Å². The first-order valence-corrected chi connectivity index (χ1v) is 9.02. The maximum absolute atomic E-state index is 5.92. The highest BCUT2D eigenvalue weighted by molar-refractivity contribution is 9.11. The van der Waals surface area contributed by atoms with Crippen LogP contribution in [0.25, 0.3) is 11.3 Å². The number of hydrogen-bond donors (Lipinski definition) is 2. The van der Waals surface area contributed by atoms with Crippen LogP contribution in [0.15, 0.2) is 43.7 Å². The fourth-order valence-corrected chi connectivity index (χ4v) is 3.65. The maximum atomic E-state index is 5.92. The molecule has 2 N–H and O–H groups in total. The molecule has 0 saturated carbocycles. The van der Waals surface area contributed by atoms with Gasteiger partial charge in [0.1, 0.15) is 11.5 Å². The molecule has 0 saturated heterocycles. The summed E-state index contributed by atoms with van der Waals surface area (Å²) in [6.07, 6.45) is 0.787. The molecule has 8 heteroatoms. The number of halogens is 2. The lowest BCUT2D eigenvalue weighted by molar-refractivity contribution is 0.521. The number of benzene rings is 1. The summed E-state index contributed by atoms with van der Waals surface area (Å²) >= 11 is 12.2. The van der Waals surface area contributed by atoms with Crippen LogP contribution in [-0.4, -0.2) is 14.9 Å². The van der Waals surface area contributed by atoms with E-state index in [4.69, 9.17) is 16.6 Å². The molecule has 0 amide bonds. The Bertz CT molecular complexity index is 884. The third-order valence-electron chi connectivity index (χ3n) is 3.33. The highest BCUT2D eigenvalue weighted by Crippen LogP contribution is 2.31. The first-order chi connectivity index (χ1) is 11.1. The highest BCUT2D eigenvalue weighted by atomic mass is 79.9. The molecule has 2 heterocycles. The number of furan rings is 1. The van der Waals surface area contributed by atoms with Crippen LogP contribution in [-0.2, 0) is 13.0 Å². The minimum Gasteiger partial charge on any atom is -0.459 e. The van der Waals surface area contributed by atoms with Crippen LogP contribution >= 0.6 is 44.1 Å². The van der Waals surface area contributed by atoms with Crippen LogP contribution in [0.1, 0.15) is 18.5 Å². The van der Waals surface area contributed by atoms with Crippen molar-refractivity contribution in [3.05, 3.63) is 55.6 Å². The molecular formula is C15H14Br2N4OS. The summed E-state index contributed by atoms with van der Waals surface area (Å²) in [6, 6.07) is 9.89. The van der Waals surface area contributed by atoms with Crippen molar-refractivity contribution < 1.29 is 4.42 Å². The SMILES string of the molecule is CCc1n[nH]c(=S)n1NCc1ccc(-c2ccc(Br)cc2Br)o1. The summed E-state index contributed by atoms with van der Waals surface area (Å²) in [5.41, 5.74) is 4.23. The predicted octanol–water partition coefficient (Wildman–Crippen LogP) is 5.03. The van der Waals surface area contributed by atoms with Crippen LogP contribution in [0.3, 0.4) is 0 Å². The first kappa shape index (κ1) is 16.5. The Labute approximate surface area is 155 Å². The summed E-state index contributed by atoms with van der Waals surface area (Å²) < 4.78 is 10.2. The van der Waals surface area contributed by atoms with Gasteiger partial charge in [0, 0.05) is 20.9 Å². The van der Waals surface area contributed by atoms with E-state index >= 15 is 0 Å². The Morgan fingerprint density at radius 3 is 2.87 bits per heavy atom. The molecule has 0 bridgehead atoms. The lowest BCUT2D eigenvalue weighted by Gasteiger charge is -2.07. The number of aryl methyl sites for hydroxylation is 1. The van der Waals surface area contributed by atoms with Crippen molar-refractivity contribution in [3.8, 4) is 11.3 Å². The Balaban J connectivity index is 1.77. The maximum Gasteiger partial charge on any atom is 0.214 e. The monoisotopic (exact) mass is 456 g/mol. The second-order valence-electron chi connectivity index (χ2n) is 4.86. The molecule has 120 valence electrons. The summed E-state index contributed by atoms with van der Waals surface area (Å²) in [5.74, 6) is 2.49. The molecule has 0 radical (unpaired) electrons. The number of hydrogen-bond acceptors (Lipinski definition) is 4. The van der Waals surface area contributed by atoms with Gasteiger partial charge in [-0.25, -0.2) is 4.68 Å². The lowest BCUT2D eigenvalue weighted by Crippen LogP contribution is -2.16. The quantitative estimate of drug-likeness (QED) is 0.527. The van der Waals surface area contributed by atoms with Crippen LogP contribution in [0, 0.1) is 4.77 Å². The van der Waals surface area contributed by atoms with Crippen LogP contribution in [0.5, 0.6) is 0 Å². The second-order valence-corrected chi connectivity index (χ2v) is 7.02. The molecule has 3 aromatic rings. The van der Waals surface area contributed by atoms with E-state index in [1.165, 1.54) is 0 Å². The molecule has 1 aromatic carbocycles. The predicted molar refractivity (Wildman–Crippen MR) is 99.4 cm³/mol. The van der Waals surface area contributed by atoms with E-state index in [0.29, 0.717) is 11.3 Å². The van der Waals surface area contributed by atoms with Gasteiger partial charge in [0.25, 0.3) is 0 Å². The van der Waals surface area contributed by atoms with Crippen molar-refractivity contribution in [2.45, 2.75) is 19.9 Å². The van der Waals surface area contributed by atoms with E-state index in [1.807, 2.05) is 37.3 Å².